The molecule has 0 spiro atoms. The molecule has 3 aromatic rings. The summed E-state index contributed by atoms with van der Waals surface area (Å²) in [7, 11) is -1.85. The lowest BCUT2D eigenvalue weighted by atomic mass is 10.3. The minimum Gasteiger partial charge on any atom is -0.250 e. The van der Waals surface area contributed by atoms with E-state index in [4.69, 9.17) is 0 Å². The van der Waals surface area contributed by atoms with Crippen molar-refractivity contribution < 1.29 is 8.42 Å². The number of thiazole rings is 1. The second-order valence-corrected chi connectivity index (χ2v) is 9.01. The fourth-order valence-corrected chi connectivity index (χ4v) is 5.02. The molecule has 3 aromatic heterocycles. The predicted molar refractivity (Wildman–Crippen MR) is 98.1 cm³/mol. The van der Waals surface area contributed by atoms with E-state index in [0.29, 0.717) is 18.6 Å². The van der Waals surface area contributed by atoms with Crippen molar-refractivity contribution in [3.05, 3.63) is 34.5 Å². The lowest BCUT2D eigenvalue weighted by Crippen LogP contribution is -2.38. The van der Waals surface area contributed by atoms with Crippen LogP contribution in [0.2, 0.25) is 0 Å². The average molecular weight is 380 g/mol. The number of aromatic nitrogens is 4. The van der Waals surface area contributed by atoms with Gasteiger partial charge in [0, 0.05) is 49.2 Å². The van der Waals surface area contributed by atoms with Crippen molar-refractivity contribution in [2.45, 2.75) is 38.1 Å². The Balaban J connectivity index is 1.95. The average Bonchev–Trinajstić information content (AvgIpc) is 3.16. The van der Waals surface area contributed by atoms with Crippen LogP contribution in [-0.4, -0.2) is 45.1 Å². The minimum atomic E-state index is -3.64. The summed E-state index contributed by atoms with van der Waals surface area (Å²) in [5.74, 6) is 0. The van der Waals surface area contributed by atoms with Crippen molar-refractivity contribution in [1.29, 1.82) is 0 Å². The zero-order chi connectivity index (χ0) is 18.2. The topological polar surface area (TPSA) is 81.0 Å². The van der Waals surface area contributed by atoms with Crippen LogP contribution in [0.4, 0.5) is 0 Å². The molecule has 0 fully saturated rings. The van der Waals surface area contributed by atoms with Gasteiger partial charge in [0.1, 0.15) is 4.90 Å². The largest absolute Gasteiger partial charge is 0.250 e. The van der Waals surface area contributed by atoms with Gasteiger partial charge in [-0.2, -0.15) is 9.40 Å². The van der Waals surface area contributed by atoms with Crippen LogP contribution in [-0.2, 0) is 23.5 Å². The molecule has 9 heteroatoms. The van der Waals surface area contributed by atoms with Gasteiger partial charge in [0.05, 0.1) is 10.7 Å². The maximum Gasteiger partial charge on any atom is 0.244 e. The molecule has 25 heavy (non-hydrogen) atoms. The van der Waals surface area contributed by atoms with Gasteiger partial charge < -0.3 is 0 Å². The maximum absolute atomic E-state index is 13.1. The molecular formula is C16H21N5O2S2. The number of sulfonamides is 1. The number of rotatable bonds is 6. The number of hydrogen-bond acceptors (Lipinski definition) is 6. The van der Waals surface area contributed by atoms with Crippen LogP contribution in [0.1, 0.15) is 24.5 Å². The van der Waals surface area contributed by atoms with E-state index >= 15 is 0 Å². The molecule has 0 aromatic carbocycles. The first kappa shape index (κ1) is 18.0. The SMILES string of the molecule is Cc1nn(C)c2ncc(S(=O)(=O)N(CCc3nccs3)C(C)C)cc12. The summed E-state index contributed by atoms with van der Waals surface area (Å²) in [6.45, 7) is 5.99. The number of pyridine rings is 1. The van der Waals surface area contributed by atoms with Gasteiger partial charge in [-0.15, -0.1) is 11.3 Å². The van der Waals surface area contributed by atoms with Crippen molar-refractivity contribution in [2.75, 3.05) is 6.54 Å². The Hall–Kier alpha value is -1.84. The van der Waals surface area contributed by atoms with Crippen molar-refractivity contribution >= 4 is 32.4 Å². The van der Waals surface area contributed by atoms with Crippen LogP contribution in [0.3, 0.4) is 0 Å². The van der Waals surface area contributed by atoms with E-state index in [9.17, 15) is 8.42 Å². The molecule has 0 aliphatic carbocycles. The van der Waals surface area contributed by atoms with Crippen molar-refractivity contribution in [3.8, 4) is 0 Å². The van der Waals surface area contributed by atoms with E-state index in [1.54, 1.807) is 24.0 Å². The Kier molecular flexibility index (Phi) is 4.90. The van der Waals surface area contributed by atoms with Crippen molar-refractivity contribution in [1.82, 2.24) is 24.1 Å². The zero-order valence-electron chi connectivity index (χ0n) is 14.7. The molecule has 0 bridgehead atoms. The maximum atomic E-state index is 13.1. The van der Waals surface area contributed by atoms with E-state index in [2.05, 4.69) is 15.1 Å². The summed E-state index contributed by atoms with van der Waals surface area (Å²) in [5, 5.41) is 7.88. The molecule has 0 unspecified atom stereocenters. The summed E-state index contributed by atoms with van der Waals surface area (Å²) in [4.78, 5) is 8.73. The highest BCUT2D eigenvalue weighted by Crippen LogP contribution is 2.23. The van der Waals surface area contributed by atoms with E-state index in [1.165, 1.54) is 21.8 Å². The second kappa shape index (κ2) is 6.81. The first-order valence-corrected chi connectivity index (χ1v) is 10.3. The van der Waals surface area contributed by atoms with Crippen molar-refractivity contribution in [2.24, 2.45) is 7.05 Å². The molecule has 7 nitrogen and oxygen atoms in total. The predicted octanol–water partition coefficient (Wildman–Crippen LogP) is 2.38. The highest BCUT2D eigenvalue weighted by atomic mass is 32.2. The highest BCUT2D eigenvalue weighted by Gasteiger charge is 2.28. The van der Waals surface area contributed by atoms with Gasteiger partial charge in [0.25, 0.3) is 0 Å². The lowest BCUT2D eigenvalue weighted by Gasteiger charge is -2.25. The van der Waals surface area contributed by atoms with E-state index in [1.807, 2.05) is 26.2 Å². The van der Waals surface area contributed by atoms with Gasteiger partial charge in [-0.05, 0) is 26.8 Å². The first-order chi connectivity index (χ1) is 11.8. The van der Waals surface area contributed by atoms with Gasteiger partial charge in [-0.25, -0.2) is 18.4 Å². The second-order valence-electron chi connectivity index (χ2n) is 6.14. The van der Waals surface area contributed by atoms with Crippen LogP contribution in [0.25, 0.3) is 11.0 Å². The van der Waals surface area contributed by atoms with Gasteiger partial charge in [-0.3, -0.25) is 4.68 Å². The van der Waals surface area contributed by atoms with E-state index in [-0.39, 0.29) is 10.9 Å². The molecule has 0 N–H and O–H groups in total. The zero-order valence-corrected chi connectivity index (χ0v) is 16.3. The number of nitrogens with zero attached hydrogens (tertiary/aromatic N) is 5. The molecule has 0 aliphatic heterocycles. The van der Waals surface area contributed by atoms with Crippen molar-refractivity contribution in [3.63, 3.8) is 0 Å². The highest BCUT2D eigenvalue weighted by molar-refractivity contribution is 7.89. The van der Waals surface area contributed by atoms with Gasteiger partial charge in [-0.1, -0.05) is 0 Å². The Morgan fingerprint density at radius 1 is 1.32 bits per heavy atom. The Morgan fingerprint density at radius 2 is 2.08 bits per heavy atom. The lowest BCUT2D eigenvalue weighted by molar-refractivity contribution is 0.357. The fourth-order valence-electron chi connectivity index (χ4n) is 2.80. The Labute approximate surface area is 151 Å². The van der Waals surface area contributed by atoms with Crippen LogP contribution < -0.4 is 0 Å². The number of aryl methyl sites for hydroxylation is 2. The van der Waals surface area contributed by atoms with Crippen LogP contribution in [0.5, 0.6) is 0 Å². The Morgan fingerprint density at radius 3 is 2.72 bits per heavy atom. The summed E-state index contributed by atoms with van der Waals surface area (Å²) in [5.41, 5.74) is 1.44. The third-order valence-electron chi connectivity index (χ3n) is 4.05. The van der Waals surface area contributed by atoms with E-state index < -0.39 is 10.0 Å². The molecule has 3 heterocycles. The molecule has 0 atom stereocenters. The third kappa shape index (κ3) is 3.44. The molecule has 0 radical (unpaired) electrons. The molecule has 134 valence electrons. The first-order valence-electron chi connectivity index (χ1n) is 8.00. The number of fused-ring (bicyclic) bond motifs is 1. The smallest absolute Gasteiger partial charge is 0.244 e. The molecule has 0 saturated heterocycles. The minimum absolute atomic E-state index is 0.157. The normalized spacial score (nSPS) is 12.6. The molecule has 0 saturated carbocycles. The summed E-state index contributed by atoms with van der Waals surface area (Å²) >= 11 is 1.53. The molecular weight excluding hydrogens is 358 g/mol. The van der Waals surface area contributed by atoms with Gasteiger partial charge >= 0.3 is 0 Å². The quantitative estimate of drug-likeness (QED) is 0.657. The van der Waals surface area contributed by atoms with Gasteiger partial charge in [0.15, 0.2) is 5.65 Å². The molecule has 0 amide bonds. The standard InChI is InChI=1S/C16H21N5O2S2/c1-11(2)21(7-5-15-17-6-8-24-15)25(22,23)13-9-14-12(3)19-20(4)16(14)18-10-13/h6,8-11H,5,7H2,1-4H3. The van der Waals surface area contributed by atoms with Crippen LogP contribution in [0.15, 0.2) is 28.7 Å². The third-order valence-corrected chi connectivity index (χ3v) is 6.93. The monoisotopic (exact) mass is 379 g/mol. The van der Waals surface area contributed by atoms with Crippen LogP contribution in [0, 0.1) is 6.92 Å². The van der Waals surface area contributed by atoms with Gasteiger partial charge in [0.2, 0.25) is 10.0 Å². The molecule has 0 aliphatic rings. The number of hydrogen-bond donors (Lipinski definition) is 0. The summed E-state index contributed by atoms with van der Waals surface area (Å²) in [6, 6.07) is 1.51. The van der Waals surface area contributed by atoms with E-state index in [0.717, 1.165) is 16.1 Å². The Bertz CT molecular complexity index is 978. The summed E-state index contributed by atoms with van der Waals surface area (Å²) < 4.78 is 29.4. The fraction of sp³-hybridized carbons (Fsp3) is 0.438. The van der Waals surface area contributed by atoms with Crippen LogP contribution >= 0.6 is 11.3 Å². The summed E-state index contributed by atoms with van der Waals surface area (Å²) in [6.07, 6.45) is 3.74. The molecule has 3 rings (SSSR count).